The van der Waals surface area contributed by atoms with E-state index in [1.807, 2.05) is 4.72 Å². The number of rotatable bonds is 5. The van der Waals surface area contributed by atoms with E-state index >= 15 is 0 Å². The first-order chi connectivity index (χ1) is 14.1. The van der Waals surface area contributed by atoms with Crippen LogP contribution in [-0.4, -0.2) is 25.4 Å². The normalized spacial score (nSPS) is 11.2. The molecule has 2 N–H and O–H groups in total. The number of carbonyl (C=O) groups excluding carboxylic acids is 2. The topological polar surface area (TPSA) is 118 Å². The number of anilines is 1. The zero-order valence-corrected chi connectivity index (χ0v) is 18.0. The van der Waals surface area contributed by atoms with Gasteiger partial charge in [-0.25, -0.2) is 13.1 Å². The third kappa shape index (κ3) is 4.48. The van der Waals surface area contributed by atoms with Crippen molar-refractivity contribution >= 4 is 50.7 Å². The van der Waals surface area contributed by atoms with E-state index in [-0.39, 0.29) is 21.9 Å². The molecule has 2 amide bonds. The molecule has 156 valence electrons. The van der Waals surface area contributed by atoms with Gasteiger partial charge in [0.1, 0.15) is 17.0 Å². The van der Waals surface area contributed by atoms with Crippen molar-refractivity contribution < 1.29 is 22.5 Å². The number of halogens is 2. The Hall–Kier alpha value is -2.88. The molecule has 3 aromatic rings. The minimum Gasteiger partial charge on any atom is -0.360 e. The van der Waals surface area contributed by atoms with Gasteiger partial charge in [-0.2, -0.15) is 0 Å². The summed E-state index contributed by atoms with van der Waals surface area (Å²) >= 11 is 12.4. The van der Waals surface area contributed by atoms with Crippen LogP contribution in [0.2, 0.25) is 10.0 Å². The number of aromatic nitrogens is 1. The number of aryl methyl sites for hydroxylation is 1. The minimum atomic E-state index is -3.97. The highest BCUT2D eigenvalue weighted by molar-refractivity contribution is 7.90. The van der Waals surface area contributed by atoms with Crippen LogP contribution in [0.5, 0.6) is 0 Å². The van der Waals surface area contributed by atoms with Crippen molar-refractivity contribution in [3.05, 3.63) is 63.8 Å². The maximum Gasteiger partial charge on any atom is 0.264 e. The van der Waals surface area contributed by atoms with Crippen molar-refractivity contribution in [1.82, 2.24) is 9.88 Å². The quantitative estimate of drug-likeness (QED) is 0.584. The second-order valence-corrected chi connectivity index (χ2v) is 8.70. The molecular weight excluding hydrogens is 453 g/mol. The number of hydrogen-bond acceptors (Lipinski definition) is 6. The molecule has 0 aliphatic rings. The molecule has 11 heteroatoms. The van der Waals surface area contributed by atoms with E-state index in [9.17, 15) is 18.0 Å². The smallest absolute Gasteiger partial charge is 0.264 e. The summed E-state index contributed by atoms with van der Waals surface area (Å²) in [6.07, 6.45) is 0. The third-order valence-electron chi connectivity index (χ3n) is 3.99. The van der Waals surface area contributed by atoms with E-state index in [1.165, 1.54) is 24.3 Å². The van der Waals surface area contributed by atoms with Gasteiger partial charge in [0.2, 0.25) is 5.91 Å². The number of hydrogen-bond donors (Lipinski definition) is 2. The third-order valence-corrected chi connectivity index (χ3v) is 6.07. The molecule has 0 radical (unpaired) electrons. The van der Waals surface area contributed by atoms with Gasteiger partial charge in [0.15, 0.2) is 0 Å². The highest BCUT2D eigenvalue weighted by atomic mass is 35.5. The Morgan fingerprint density at radius 3 is 2.20 bits per heavy atom. The van der Waals surface area contributed by atoms with Crippen molar-refractivity contribution in [2.24, 2.45) is 0 Å². The molecule has 8 nitrogen and oxygen atoms in total. The van der Waals surface area contributed by atoms with Crippen LogP contribution >= 0.6 is 23.2 Å². The van der Waals surface area contributed by atoms with Gasteiger partial charge in [-0.15, -0.1) is 0 Å². The molecule has 0 saturated carbocycles. The van der Waals surface area contributed by atoms with Crippen molar-refractivity contribution in [1.29, 1.82) is 0 Å². The van der Waals surface area contributed by atoms with Crippen LogP contribution in [0.4, 0.5) is 5.69 Å². The van der Waals surface area contributed by atoms with Gasteiger partial charge in [0.05, 0.1) is 14.9 Å². The lowest BCUT2D eigenvalue weighted by atomic mass is 10.1. The molecule has 2 aromatic carbocycles. The van der Waals surface area contributed by atoms with E-state index in [0.717, 1.165) is 6.92 Å². The minimum absolute atomic E-state index is 0.125. The Morgan fingerprint density at radius 1 is 1.03 bits per heavy atom. The molecular formula is C19H15Cl2N3O5S. The monoisotopic (exact) mass is 467 g/mol. The van der Waals surface area contributed by atoms with E-state index in [0.29, 0.717) is 21.3 Å². The average molecular weight is 468 g/mol. The summed E-state index contributed by atoms with van der Waals surface area (Å²) < 4.78 is 31.0. The van der Waals surface area contributed by atoms with E-state index in [2.05, 4.69) is 10.5 Å². The van der Waals surface area contributed by atoms with Crippen molar-refractivity contribution in [2.75, 3.05) is 5.32 Å². The Morgan fingerprint density at radius 2 is 1.63 bits per heavy atom. The van der Waals surface area contributed by atoms with Crippen LogP contribution in [0.15, 0.2) is 51.9 Å². The number of sulfonamides is 1. The van der Waals surface area contributed by atoms with Crippen LogP contribution in [0, 0.1) is 6.92 Å². The summed E-state index contributed by atoms with van der Waals surface area (Å²) in [5.74, 6) is -0.998. The Kier molecular flexibility index (Phi) is 6.16. The number of nitrogens with zero attached hydrogens (tertiary/aromatic N) is 1. The average Bonchev–Trinajstić information content (AvgIpc) is 3.02. The standard InChI is InChI=1S/C19H15Cl2N3O5S/c1-10-16(18(23-29-10)17-14(20)4-3-5-15(17)21)19(26)22-12-6-8-13(9-7-12)30(27,28)24-11(2)25/h3-9H,1-2H3,(H,22,26)(H,24,25). The van der Waals surface area contributed by atoms with Crippen LogP contribution in [-0.2, 0) is 14.8 Å². The zero-order chi connectivity index (χ0) is 22.1. The molecule has 0 saturated heterocycles. The van der Waals surface area contributed by atoms with Crippen LogP contribution < -0.4 is 10.0 Å². The second kappa shape index (κ2) is 8.47. The second-order valence-electron chi connectivity index (χ2n) is 6.20. The van der Waals surface area contributed by atoms with Gasteiger partial charge in [0.25, 0.3) is 15.9 Å². The van der Waals surface area contributed by atoms with E-state index in [1.54, 1.807) is 25.1 Å². The SMILES string of the molecule is CC(=O)NS(=O)(=O)c1ccc(NC(=O)c2c(-c3c(Cl)cccc3Cl)noc2C)cc1. The first-order valence-electron chi connectivity index (χ1n) is 8.45. The van der Waals surface area contributed by atoms with Crippen LogP contribution in [0.25, 0.3) is 11.3 Å². The fraction of sp³-hybridized carbons (Fsp3) is 0.105. The summed E-state index contributed by atoms with van der Waals surface area (Å²) in [6, 6.07) is 10.2. The fourth-order valence-corrected chi connectivity index (χ4v) is 4.26. The highest BCUT2D eigenvalue weighted by Crippen LogP contribution is 2.37. The molecule has 0 aliphatic carbocycles. The largest absolute Gasteiger partial charge is 0.360 e. The number of nitrogens with one attached hydrogen (secondary N) is 2. The summed E-state index contributed by atoms with van der Waals surface area (Å²) in [5, 5.41) is 7.17. The first-order valence-corrected chi connectivity index (χ1v) is 10.7. The molecule has 0 spiro atoms. The van der Waals surface area contributed by atoms with E-state index < -0.39 is 21.8 Å². The maximum atomic E-state index is 12.9. The number of carbonyl (C=O) groups is 2. The fourth-order valence-electron chi connectivity index (χ4n) is 2.69. The lowest BCUT2D eigenvalue weighted by Gasteiger charge is -2.09. The Labute approximate surface area is 182 Å². The van der Waals surface area contributed by atoms with Gasteiger partial charge >= 0.3 is 0 Å². The highest BCUT2D eigenvalue weighted by Gasteiger charge is 2.25. The van der Waals surface area contributed by atoms with Crippen LogP contribution in [0.3, 0.4) is 0 Å². The van der Waals surface area contributed by atoms with Gasteiger partial charge < -0.3 is 9.84 Å². The first kappa shape index (κ1) is 21.8. The number of benzene rings is 2. The summed E-state index contributed by atoms with van der Waals surface area (Å²) in [5.41, 5.74) is 1.00. The molecule has 1 aromatic heterocycles. The molecule has 0 unspecified atom stereocenters. The summed E-state index contributed by atoms with van der Waals surface area (Å²) in [4.78, 5) is 23.8. The molecule has 0 aliphatic heterocycles. The molecule has 0 bridgehead atoms. The predicted octanol–water partition coefficient (Wildman–Crippen LogP) is 4.03. The summed E-state index contributed by atoms with van der Waals surface area (Å²) in [7, 11) is -3.97. The number of amides is 2. The van der Waals surface area contributed by atoms with Crippen molar-refractivity contribution in [3.8, 4) is 11.3 Å². The summed E-state index contributed by atoms with van der Waals surface area (Å²) in [6.45, 7) is 2.66. The molecule has 1 heterocycles. The van der Waals surface area contributed by atoms with E-state index in [4.69, 9.17) is 27.7 Å². The van der Waals surface area contributed by atoms with Gasteiger partial charge in [-0.3, -0.25) is 9.59 Å². The zero-order valence-electron chi connectivity index (χ0n) is 15.7. The van der Waals surface area contributed by atoms with Crippen molar-refractivity contribution in [3.63, 3.8) is 0 Å². The lowest BCUT2D eigenvalue weighted by molar-refractivity contribution is -0.117. The van der Waals surface area contributed by atoms with Crippen LogP contribution in [0.1, 0.15) is 23.0 Å². The van der Waals surface area contributed by atoms with Gasteiger partial charge in [-0.05, 0) is 43.3 Å². The lowest BCUT2D eigenvalue weighted by Crippen LogP contribution is -2.28. The predicted molar refractivity (Wildman–Crippen MR) is 112 cm³/mol. The van der Waals surface area contributed by atoms with Gasteiger partial charge in [0, 0.05) is 18.2 Å². The molecule has 0 fully saturated rings. The Bertz CT molecular complexity index is 1220. The van der Waals surface area contributed by atoms with Crippen molar-refractivity contribution in [2.45, 2.75) is 18.7 Å². The molecule has 0 atom stereocenters. The molecule has 30 heavy (non-hydrogen) atoms. The maximum absolute atomic E-state index is 12.9. The molecule has 3 rings (SSSR count). The Balaban J connectivity index is 1.89. The van der Waals surface area contributed by atoms with Gasteiger partial charge in [-0.1, -0.05) is 34.4 Å².